The summed E-state index contributed by atoms with van der Waals surface area (Å²) in [6, 6.07) is 9.60. The summed E-state index contributed by atoms with van der Waals surface area (Å²) in [4.78, 5) is 41.4. The Bertz CT molecular complexity index is 1310. The van der Waals surface area contributed by atoms with Crippen molar-refractivity contribution in [1.29, 1.82) is 0 Å². The fraction of sp³-hybridized carbons (Fsp3) is 0.400. The van der Waals surface area contributed by atoms with Crippen LogP contribution in [0.4, 0.5) is 9.18 Å². The second kappa shape index (κ2) is 9.62. The number of hydrogen-bond acceptors (Lipinski definition) is 5. The average Bonchev–Trinajstić information content (AvgIpc) is 3.11. The Morgan fingerprint density at radius 3 is 2.22 bits per heavy atom. The minimum Gasteiger partial charge on any atom is -0.338 e. The molecule has 0 unspecified atom stereocenters. The van der Waals surface area contributed by atoms with E-state index in [1.807, 2.05) is 13.8 Å². The van der Waals surface area contributed by atoms with Crippen molar-refractivity contribution in [1.82, 2.24) is 19.4 Å². The molecule has 4 rings (SSSR count). The molecule has 192 valence electrons. The van der Waals surface area contributed by atoms with Crippen molar-refractivity contribution in [3.05, 3.63) is 65.0 Å². The number of urea groups is 1. The van der Waals surface area contributed by atoms with Gasteiger partial charge in [-0.1, -0.05) is 25.1 Å². The quantitative estimate of drug-likeness (QED) is 0.592. The van der Waals surface area contributed by atoms with Gasteiger partial charge in [0.2, 0.25) is 15.9 Å². The number of aryl methyl sites for hydroxylation is 2. The Hall–Kier alpha value is -3.31. The number of nitrogens with zero attached hydrogens (tertiary/aromatic N) is 3. The van der Waals surface area contributed by atoms with Gasteiger partial charge in [0, 0.05) is 26.2 Å². The van der Waals surface area contributed by atoms with Crippen LogP contribution in [0.25, 0.3) is 0 Å². The van der Waals surface area contributed by atoms with Gasteiger partial charge in [0.15, 0.2) is 0 Å². The molecule has 0 bridgehead atoms. The monoisotopic (exact) mass is 516 g/mol. The Labute approximate surface area is 209 Å². The van der Waals surface area contributed by atoms with Crippen molar-refractivity contribution in [3.63, 3.8) is 0 Å². The van der Waals surface area contributed by atoms with E-state index in [0.717, 1.165) is 16.0 Å². The van der Waals surface area contributed by atoms with Crippen molar-refractivity contribution in [2.24, 2.45) is 0 Å². The summed E-state index contributed by atoms with van der Waals surface area (Å²) in [6.07, 6.45) is 0.225. The number of piperazine rings is 1. The first kappa shape index (κ1) is 25.8. The standard InChI is InChI=1S/C25H29FN4O5S/c1-4-25(19-6-8-20(26)9-7-19)23(32)30(24(33)27-25)16-22(31)28-11-13-29(14-12-28)36(34,35)21-10-5-17(2)18(3)15-21/h5-10,15H,4,11-14,16H2,1-3H3,(H,27,33)/t25-/m0/s1. The summed E-state index contributed by atoms with van der Waals surface area (Å²) in [5.41, 5.74) is 0.938. The lowest BCUT2D eigenvalue weighted by atomic mass is 9.87. The Kier molecular flexibility index (Phi) is 6.89. The zero-order chi connectivity index (χ0) is 26.3. The van der Waals surface area contributed by atoms with Gasteiger partial charge >= 0.3 is 6.03 Å². The van der Waals surface area contributed by atoms with E-state index in [1.54, 1.807) is 25.1 Å². The number of amides is 4. The average molecular weight is 517 g/mol. The molecule has 0 radical (unpaired) electrons. The van der Waals surface area contributed by atoms with Crippen LogP contribution < -0.4 is 5.32 Å². The van der Waals surface area contributed by atoms with E-state index in [-0.39, 0.29) is 37.5 Å². The molecule has 1 atom stereocenters. The van der Waals surface area contributed by atoms with E-state index in [9.17, 15) is 27.2 Å². The van der Waals surface area contributed by atoms with E-state index < -0.39 is 45.8 Å². The molecular formula is C25H29FN4O5S. The molecule has 0 aromatic heterocycles. The predicted octanol–water partition coefficient (Wildman–Crippen LogP) is 2.13. The number of carbonyl (C=O) groups excluding carboxylic acids is 3. The highest BCUT2D eigenvalue weighted by molar-refractivity contribution is 7.89. The third kappa shape index (κ3) is 4.48. The zero-order valence-electron chi connectivity index (χ0n) is 20.5. The number of rotatable bonds is 6. The van der Waals surface area contributed by atoms with E-state index in [1.165, 1.54) is 33.5 Å². The van der Waals surface area contributed by atoms with Crippen LogP contribution in [-0.2, 0) is 25.2 Å². The molecule has 36 heavy (non-hydrogen) atoms. The molecule has 2 aliphatic rings. The van der Waals surface area contributed by atoms with Crippen LogP contribution in [0.3, 0.4) is 0 Å². The van der Waals surface area contributed by atoms with Crippen LogP contribution in [0.5, 0.6) is 0 Å². The second-order valence-electron chi connectivity index (χ2n) is 9.12. The highest BCUT2D eigenvalue weighted by atomic mass is 32.2. The SMILES string of the molecule is CC[C@@]1(c2ccc(F)cc2)NC(=O)N(CC(=O)N2CCN(S(=O)(=O)c3ccc(C)c(C)c3)CC2)C1=O. The van der Waals surface area contributed by atoms with Crippen molar-refractivity contribution in [2.75, 3.05) is 32.7 Å². The minimum absolute atomic E-state index is 0.107. The highest BCUT2D eigenvalue weighted by Crippen LogP contribution is 2.32. The summed E-state index contributed by atoms with van der Waals surface area (Å²) in [6.45, 7) is 5.52. The molecule has 2 heterocycles. The van der Waals surface area contributed by atoms with E-state index in [0.29, 0.717) is 5.56 Å². The summed E-state index contributed by atoms with van der Waals surface area (Å²) in [5, 5.41) is 2.67. The number of carbonyl (C=O) groups is 3. The smallest absolute Gasteiger partial charge is 0.325 e. The molecule has 2 aliphatic heterocycles. The lowest BCUT2D eigenvalue weighted by molar-refractivity contribution is -0.139. The number of hydrogen-bond donors (Lipinski definition) is 1. The van der Waals surface area contributed by atoms with Gasteiger partial charge in [-0.25, -0.2) is 17.6 Å². The van der Waals surface area contributed by atoms with Crippen LogP contribution in [0.2, 0.25) is 0 Å². The highest BCUT2D eigenvalue weighted by Gasteiger charge is 2.52. The Morgan fingerprint density at radius 1 is 1.00 bits per heavy atom. The third-order valence-corrected chi connectivity index (χ3v) is 8.94. The first-order chi connectivity index (χ1) is 17.0. The second-order valence-corrected chi connectivity index (χ2v) is 11.1. The topological polar surface area (TPSA) is 107 Å². The van der Waals surface area contributed by atoms with Gasteiger partial charge < -0.3 is 10.2 Å². The van der Waals surface area contributed by atoms with Gasteiger partial charge in [0.05, 0.1) is 4.90 Å². The number of halogens is 1. The molecule has 0 aliphatic carbocycles. The summed E-state index contributed by atoms with van der Waals surface area (Å²) in [7, 11) is -3.70. The van der Waals surface area contributed by atoms with Crippen molar-refractivity contribution in [2.45, 2.75) is 37.6 Å². The summed E-state index contributed by atoms with van der Waals surface area (Å²) in [5.74, 6) is -1.49. The molecule has 4 amide bonds. The molecule has 0 spiro atoms. The number of benzene rings is 2. The maximum Gasteiger partial charge on any atom is 0.325 e. The minimum atomic E-state index is -3.70. The zero-order valence-corrected chi connectivity index (χ0v) is 21.3. The van der Waals surface area contributed by atoms with Crippen LogP contribution in [0.1, 0.15) is 30.0 Å². The van der Waals surface area contributed by atoms with E-state index in [2.05, 4.69) is 5.32 Å². The molecule has 2 fully saturated rings. The first-order valence-electron chi connectivity index (χ1n) is 11.7. The molecule has 2 aromatic rings. The summed E-state index contributed by atoms with van der Waals surface area (Å²) < 4.78 is 40.8. The lowest BCUT2D eigenvalue weighted by Crippen LogP contribution is -2.53. The van der Waals surface area contributed by atoms with E-state index in [4.69, 9.17) is 0 Å². The van der Waals surface area contributed by atoms with Gasteiger partial charge in [0.1, 0.15) is 17.9 Å². The van der Waals surface area contributed by atoms with Crippen LogP contribution >= 0.6 is 0 Å². The normalized spacial score (nSPS) is 21.1. The van der Waals surface area contributed by atoms with Gasteiger partial charge in [-0.3, -0.25) is 14.5 Å². The molecule has 1 N–H and O–H groups in total. The molecule has 0 saturated carbocycles. The van der Waals surface area contributed by atoms with Crippen LogP contribution in [0.15, 0.2) is 47.4 Å². The van der Waals surface area contributed by atoms with Crippen LogP contribution in [0, 0.1) is 19.7 Å². The van der Waals surface area contributed by atoms with Gasteiger partial charge in [-0.2, -0.15) is 4.31 Å². The molecule has 9 nitrogen and oxygen atoms in total. The molecule has 2 aromatic carbocycles. The van der Waals surface area contributed by atoms with Crippen LogP contribution in [-0.4, -0.2) is 73.1 Å². The first-order valence-corrected chi connectivity index (χ1v) is 13.2. The molecular weight excluding hydrogens is 487 g/mol. The number of nitrogens with one attached hydrogen (secondary N) is 1. The molecule has 2 saturated heterocycles. The fourth-order valence-corrected chi connectivity index (χ4v) is 6.09. The van der Waals surface area contributed by atoms with Crippen molar-refractivity contribution >= 4 is 27.9 Å². The molecule has 11 heteroatoms. The largest absolute Gasteiger partial charge is 0.338 e. The number of sulfonamides is 1. The van der Waals surface area contributed by atoms with Gasteiger partial charge in [-0.05, 0) is 61.2 Å². The summed E-state index contributed by atoms with van der Waals surface area (Å²) >= 11 is 0. The van der Waals surface area contributed by atoms with Gasteiger partial charge in [0.25, 0.3) is 5.91 Å². The third-order valence-electron chi connectivity index (χ3n) is 7.04. The maximum absolute atomic E-state index is 13.4. The van der Waals surface area contributed by atoms with Gasteiger partial charge in [-0.15, -0.1) is 0 Å². The van der Waals surface area contributed by atoms with Crippen molar-refractivity contribution < 1.29 is 27.2 Å². The Morgan fingerprint density at radius 2 is 1.64 bits per heavy atom. The van der Waals surface area contributed by atoms with E-state index >= 15 is 0 Å². The van der Waals surface area contributed by atoms with Crippen molar-refractivity contribution in [3.8, 4) is 0 Å². The fourth-order valence-electron chi connectivity index (χ4n) is 4.58. The Balaban J connectivity index is 1.42. The predicted molar refractivity (Wildman–Crippen MR) is 130 cm³/mol. The lowest BCUT2D eigenvalue weighted by Gasteiger charge is -2.34. The maximum atomic E-state index is 13.4. The number of imide groups is 1.